The third-order valence-corrected chi connectivity index (χ3v) is 11.9. The predicted molar refractivity (Wildman–Crippen MR) is 109 cm³/mol. The van der Waals surface area contributed by atoms with E-state index < -0.39 is 22.4 Å². The molecule has 5 heteroatoms. The van der Waals surface area contributed by atoms with Crippen LogP contribution in [0.4, 0.5) is 0 Å². The van der Waals surface area contributed by atoms with Crippen molar-refractivity contribution >= 4 is 33.3 Å². The summed E-state index contributed by atoms with van der Waals surface area (Å²) in [6.45, 7) is 1.78. The Morgan fingerprint density at radius 2 is 1.04 bits per heavy atom. The summed E-state index contributed by atoms with van der Waals surface area (Å²) in [6.07, 6.45) is 0.262. The Hall–Kier alpha value is -2.00. The first-order chi connectivity index (χ1) is 12.5. The van der Waals surface area contributed by atoms with E-state index in [4.69, 9.17) is 0 Å². The average molecular weight is 384 g/mol. The van der Waals surface area contributed by atoms with Crippen LogP contribution < -0.4 is 15.9 Å². The molecule has 0 bridgehead atoms. The van der Waals surface area contributed by atoms with Crippen molar-refractivity contribution in [1.29, 1.82) is 0 Å². The summed E-state index contributed by atoms with van der Waals surface area (Å²) in [5.74, 6) is 0. The van der Waals surface area contributed by atoms with Crippen molar-refractivity contribution in [3.8, 4) is 0 Å². The quantitative estimate of drug-likeness (QED) is 0.484. The number of hydrogen-bond acceptors (Lipinski definition) is 3. The van der Waals surface area contributed by atoms with Gasteiger partial charge in [0, 0.05) is 0 Å². The van der Waals surface area contributed by atoms with Gasteiger partial charge in [-0.1, -0.05) is 61.5 Å². The third kappa shape index (κ3) is 3.33. The molecule has 1 atom stereocenters. The van der Waals surface area contributed by atoms with Crippen LogP contribution in [0.5, 0.6) is 0 Å². The van der Waals surface area contributed by atoms with Crippen molar-refractivity contribution < 1.29 is 13.0 Å². The van der Waals surface area contributed by atoms with Crippen LogP contribution in [0.2, 0.25) is 0 Å². The monoisotopic (exact) mass is 384 g/mol. The summed E-state index contributed by atoms with van der Waals surface area (Å²) < 4.78 is 37.2. The van der Waals surface area contributed by atoms with E-state index in [9.17, 15) is 13.0 Å². The van der Waals surface area contributed by atoms with E-state index in [2.05, 4.69) is 0 Å². The standard InChI is InChI=1S/C21H21O3PS/c1-2-21(26(22,23)24)25(18-12-6-3-7-13-18,19-14-8-4-9-15-19)20-16-10-5-11-17-20/h3-17,21H,2H2,1H3. The van der Waals surface area contributed by atoms with Crippen LogP contribution in [0.3, 0.4) is 0 Å². The maximum atomic E-state index is 12.4. The SMILES string of the molecule is CCC([P+](c1ccccc1)(c1ccccc1)c1ccccc1)S(=O)(=O)[O-]. The lowest BCUT2D eigenvalue weighted by Gasteiger charge is -2.35. The molecule has 0 fully saturated rings. The largest absolute Gasteiger partial charge is 0.745 e. The highest BCUT2D eigenvalue weighted by Crippen LogP contribution is 2.62. The molecule has 134 valence electrons. The lowest BCUT2D eigenvalue weighted by atomic mass is 10.4. The number of benzene rings is 3. The zero-order chi connectivity index (χ0) is 18.6. The molecular formula is C21H21O3PS. The highest BCUT2D eigenvalue weighted by Gasteiger charge is 2.54. The molecule has 0 radical (unpaired) electrons. The molecule has 0 aromatic heterocycles. The second-order valence-corrected chi connectivity index (χ2v) is 11.6. The van der Waals surface area contributed by atoms with Crippen LogP contribution in [-0.4, -0.2) is 18.0 Å². The maximum absolute atomic E-state index is 12.4. The molecule has 0 saturated carbocycles. The van der Waals surface area contributed by atoms with E-state index >= 15 is 0 Å². The van der Waals surface area contributed by atoms with E-state index in [-0.39, 0.29) is 6.42 Å². The van der Waals surface area contributed by atoms with Crippen LogP contribution in [0.25, 0.3) is 0 Å². The fraction of sp³-hybridized carbons (Fsp3) is 0.143. The molecule has 3 rings (SSSR count). The lowest BCUT2D eigenvalue weighted by molar-refractivity contribution is 0.458. The van der Waals surface area contributed by atoms with Gasteiger partial charge in [0.15, 0.2) is 4.99 Å². The summed E-state index contributed by atoms with van der Waals surface area (Å²) in [4.78, 5) is -1.01. The van der Waals surface area contributed by atoms with Crippen molar-refractivity contribution in [2.24, 2.45) is 0 Å². The summed E-state index contributed by atoms with van der Waals surface area (Å²) in [5.41, 5.74) is 0. The Labute approximate surface area is 155 Å². The smallest absolute Gasteiger partial charge is 0.171 e. The minimum atomic E-state index is -4.52. The molecule has 3 nitrogen and oxygen atoms in total. The molecule has 0 aliphatic heterocycles. The molecule has 26 heavy (non-hydrogen) atoms. The molecule has 0 N–H and O–H groups in total. The molecular weight excluding hydrogens is 363 g/mol. The molecule has 1 unspecified atom stereocenters. The van der Waals surface area contributed by atoms with Gasteiger partial charge in [-0.25, -0.2) is 8.42 Å². The Kier molecular flexibility index (Phi) is 5.57. The van der Waals surface area contributed by atoms with Gasteiger partial charge in [-0.2, -0.15) is 0 Å². The first-order valence-corrected chi connectivity index (χ1v) is 11.8. The van der Waals surface area contributed by atoms with Crippen LogP contribution in [0.1, 0.15) is 13.3 Å². The minimum absolute atomic E-state index is 0.262. The predicted octanol–water partition coefficient (Wildman–Crippen LogP) is 3.26. The molecule has 0 saturated heterocycles. The van der Waals surface area contributed by atoms with Crippen LogP contribution in [0.15, 0.2) is 91.0 Å². The molecule has 0 amide bonds. The molecule has 0 spiro atoms. The van der Waals surface area contributed by atoms with Gasteiger partial charge in [0.1, 0.15) is 33.3 Å². The Morgan fingerprint density at radius 3 is 1.27 bits per heavy atom. The highest BCUT2D eigenvalue weighted by molar-refractivity contribution is 8.08. The van der Waals surface area contributed by atoms with Crippen LogP contribution in [-0.2, 0) is 10.1 Å². The average Bonchev–Trinajstić information content (AvgIpc) is 2.67. The second-order valence-electron chi connectivity index (χ2n) is 6.09. The van der Waals surface area contributed by atoms with E-state index in [0.29, 0.717) is 0 Å². The van der Waals surface area contributed by atoms with E-state index in [1.165, 1.54) is 0 Å². The van der Waals surface area contributed by atoms with Gasteiger partial charge < -0.3 is 4.55 Å². The number of rotatable bonds is 6. The summed E-state index contributed by atoms with van der Waals surface area (Å²) in [7, 11) is -7.20. The lowest BCUT2D eigenvalue weighted by Crippen LogP contribution is -2.42. The number of hydrogen-bond donors (Lipinski definition) is 0. The van der Waals surface area contributed by atoms with E-state index in [0.717, 1.165) is 15.9 Å². The van der Waals surface area contributed by atoms with Crippen LogP contribution >= 0.6 is 7.26 Å². The summed E-state index contributed by atoms with van der Waals surface area (Å²) in [5, 5.41) is 2.72. The van der Waals surface area contributed by atoms with Crippen molar-refractivity contribution in [2.45, 2.75) is 18.3 Å². The van der Waals surface area contributed by atoms with Gasteiger partial charge in [0.05, 0.1) is 0 Å². The molecule has 3 aromatic carbocycles. The Bertz CT molecular complexity index is 846. The van der Waals surface area contributed by atoms with Crippen molar-refractivity contribution in [1.82, 2.24) is 0 Å². The second kappa shape index (κ2) is 7.71. The van der Waals surface area contributed by atoms with Gasteiger partial charge in [-0.3, -0.25) is 0 Å². The first kappa shape index (κ1) is 18.8. The zero-order valence-corrected chi connectivity index (χ0v) is 16.2. The van der Waals surface area contributed by atoms with E-state index in [1.807, 2.05) is 91.0 Å². The third-order valence-electron chi connectivity index (χ3n) is 4.60. The van der Waals surface area contributed by atoms with Crippen molar-refractivity contribution in [3.05, 3.63) is 91.0 Å². The molecule has 3 aromatic rings. The van der Waals surface area contributed by atoms with Crippen molar-refractivity contribution in [2.75, 3.05) is 0 Å². The molecule has 0 aliphatic carbocycles. The van der Waals surface area contributed by atoms with Gasteiger partial charge in [0.25, 0.3) is 0 Å². The van der Waals surface area contributed by atoms with Gasteiger partial charge in [0.2, 0.25) is 0 Å². The minimum Gasteiger partial charge on any atom is -0.745 e. The Morgan fingerprint density at radius 1 is 0.731 bits per heavy atom. The maximum Gasteiger partial charge on any atom is 0.171 e. The van der Waals surface area contributed by atoms with Gasteiger partial charge in [-0.05, 0) is 42.8 Å². The molecule has 0 heterocycles. The van der Waals surface area contributed by atoms with Crippen molar-refractivity contribution in [3.63, 3.8) is 0 Å². The first-order valence-electron chi connectivity index (χ1n) is 8.51. The normalized spacial score (nSPS) is 13.3. The van der Waals surface area contributed by atoms with Gasteiger partial charge >= 0.3 is 0 Å². The fourth-order valence-corrected chi connectivity index (χ4v) is 11.0. The summed E-state index contributed by atoms with van der Waals surface area (Å²) in [6, 6.07) is 28.8. The van der Waals surface area contributed by atoms with E-state index in [1.54, 1.807) is 6.92 Å². The zero-order valence-electron chi connectivity index (χ0n) is 14.5. The topological polar surface area (TPSA) is 57.2 Å². The van der Waals surface area contributed by atoms with Crippen LogP contribution in [0, 0.1) is 0 Å². The molecule has 0 aliphatic rings. The fourth-order valence-electron chi connectivity index (χ4n) is 3.61. The Balaban J connectivity index is 2.47. The highest BCUT2D eigenvalue weighted by atomic mass is 32.2. The summed E-state index contributed by atoms with van der Waals surface area (Å²) >= 11 is 0. The van der Waals surface area contributed by atoms with Gasteiger partial charge in [-0.15, -0.1) is 0 Å².